The number of hydrogen-bond acceptors (Lipinski definition) is 7. The molecule has 2 aliphatic rings. The number of imidazole rings is 1. The van der Waals surface area contributed by atoms with Crippen molar-refractivity contribution >= 4 is 17.5 Å². The molecule has 5 rings (SSSR count). The van der Waals surface area contributed by atoms with Gasteiger partial charge in [0.1, 0.15) is 35.2 Å². The van der Waals surface area contributed by atoms with Gasteiger partial charge in [0.25, 0.3) is 0 Å². The SMILES string of the molecule is Cc1c(F)c(F)c(F)c(-c2cn(CCN(C)C)c(C3(O)CCN(c4ncnc5c4CC(=O)N5)CC3)n2)c1F. The van der Waals surface area contributed by atoms with Gasteiger partial charge in [-0.3, -0.25) is 4.79 Å². The summed E-state index contributed by atoms with van der Waals surface area (Å²) in [6.45, 7) is 2.60. The number of hydrogen-bond donors (Lipinski definition) is 2. The number of aromatic nitrogens is 4. The maximum atomic E-state index is 14.9. The van der Waals surface area contributed by atoms with Crippen LogP contribution < -0.4 is 10.2 Å². The Morgan fingerprint density at radius 2 is 1.79 bits per heavy atom. The third-order valence-corrected chi connectivity index (χ3v) is 7.13. The minimum Gasteiger partial charge on any atom is -0.382 e. The molecule has 1 aromatic carbocycles. The van der Waals surface area contributed by atoms with Crippen LogP contribution in [0, 0.1) is 30.2 Å². The predicted molar refractivity (Wildman–Crippen MR) is 130 cm³/mol. The van der Waals surface area contributed by atoms with Crippen LogP contribution in [0.2, 0.25) is 0 Å². The second kappa shape index (κ2) is 9.62. The van der Waals surface area contributed by atoms with Gasteiger partial charge in [-0.05, 0) is 21.0 Å². The molecule has 2 aliphatic heterocycles. The Morgan fingerprint density at radius 1 is 1.08 bits per heavy atom. The first-order valence-corrected chi connectivity index (χ1v) is 12.2. The van der Waals surface area contributed by atoms with Gasteiger partial charge in [0.2, 0.25) is 5.91 Å². The fourth-order valence-corrected chi connectivity index (χ4v) is 4.96. The van der Waals surface area contributed by atoms with E-state index in [0.717, 1.165) is 6.92 Å². The van der Waals surface area contributed by atoms with E-state index in [9.17, 15) is 27.5 Å². The van der Waals surface area contributed by atoms with Crippen molar-refractivity contribution in [3.05, 3.63) is 52.7 Å². The number of nitrogens with one attached hydrogen (secondary N) is 1. The van der Waals surface area contributed by atoms with Gasteiger partial charge < -0.3 is 24.8 Å². The van der Waals surface area contributed by atoms with E-state index in [4.69, 9.17) is 0 Å². The Labute approximate surface area is 216 Å². The molecule has 202 valence electrons. The number of carbonyl (C=O) groups excluding carboxylic acids is 1. The van der Waals surface area contributed by atoms with Crippen LogP contribution >= 0.6 is 0 Å². The second-order valence-electron chi connectivity index (χ2n) is 9.97. The van der Waals surface area contributed by atoms with Gasteiger partial charge in [0, 0.05) is 56.3 Å². The quantitative estimate of drug-likeness (QED) is 0.286. The molecular formula is C25H27F4N7O2. The number of likely N-dealkylation sites (N-methyl/N-ethyl adjacent to an activating group) is 1. The van der Waals surface area contributed by atoms with E-state index in [-0.39, 0.29) is 36.7 Å². The third kappa shape index (κ3) is 4.39. The lowest BCUT2D eigenvalue weighted by Crippen LogP contribution is -2.45. The van der Waals surface area contributed by atoms with Crippen LogP contribution in [-0.4, -0.2) is 69.2 Å². The standard InChI is InChI=1S/C25H27F4N7O2/c1-13-18(26)17(20(28)21(29)19(13)27)15-11-36(9-8-34(2)3)24(32-15)25(38)4-6-35(7-5-25)23-14-10-16(37)33-22(14)30-12-31-23/h11-12,38H,4-10H2,1-3H3,(H,30,31,33,37). The number of fused-ring (bicyclic) bond motifs is 1. The number of rotatable bonds is 6. The zero-order chi connectivity index (χ0) is 27.4. The highest BCUT2D eigenvalue weighted by Gasteiger charge is 2.40. The van der Waals surface area contributed by atoms with Gasteiger partial charge in [-0.2, -0.15) is 0 Å². The molecule has 9 nitrogen and oxygen atoms in total. The van der Waals surface area contributed by atoms with Gasteiger partial charge in [-0.25, -0.2) is 32.5 Å². The highest BCUT2D eigenvalue weighted by molar-refractivity contribution is 5.99. The summed E-state index contributed by atoms with van der Waals surface area (Å²) in [4.78, 5) is 28.5. The zero-order valence-corrected chi connectivity index (χ0v) is 21.2. The number of carbonyl (C=O) groups is 1. The number of nitrogens with zero attached hydrogens (tertiary/aromatic N) is 6. The summed E-state index contributed by atoms with van der Waals surface area (Å²) >= 11 is 0. The summed E-state index contributed by atoms with van der Waals surface area (Å²) in [5.74, 6) is -5.19. The van der Waals surface area contributed by atoms with Crippen LogP contribution in [-0.2, 0) is 23.4 Å². The van der Waals surface area contributed by atoms with Crippen molar-refractivity contribution in [3.63, 3.8) is 0 Å². The van der Waals surface area contributed by atoms with Crippen LogP contribution in [0.5, 0.6) is 0 Å². The molecule has 0 spiro atoms. The number of amides is 1. The molecule has 4 heterocycles. The largest absolute Gasteiger partial charge is 0.382 e. The van der Waals surface area contributed by atoms with Crippen LogP contribution in [0.3, 0.4) is 0 Å². The van der Waals surface area contributed by atoms with E-state index in [1.54, 1.807) is 4.57 Å². The van der Waals surface area contributed by atoms with Gasteiger partial charge in [0.05, 0.1) is 17.7 Å². The van der Waals surface area contributed by atoms with Crippen LogP contribution in [0.1, 0.15) is 29.8 Å². The molecule has 0 radical (unpaired) electrons. The minimum atomic E-state index is -1.78. The fourth-order valence-electron chi connectivity index (χ4n) is 4.96. The number of aliphatic hydroxyl groups is 1. The zero-order valence-electron chi connectivity index (χ0n) is 21.2. The van der Waals surface area contributed by atoms with Crippen LogP contribution in [0.4, 0.5) is 29.2 Å². The van der Waals surface area contributed by atoms with E-state index in [2.05, 4.69) is 20.3 Å². The lowest BCUT2D eigenvalue weighted by atomic mass is 9.90. The van der Waals surface area contributed by atoms with Gasteiger partial charge >= 0.3 is 0 Å². The molecule has 1 saturated heterocycles. The van der Waals surface area contributed by atoms with Gasteiger partial charge in [0.15, 0.2) is 17.5 Å². The van der Waals surface area contributed by atoms with Crippen molar-refractivity contribution in [3.8, 4) is 11.3 Å². The average Bonchev–Trinajstić information content (AvgIpc) is 3.49. The number of benzene rings is 1. The molecule has 0 bridgehead atoms. The summed E-state index contributed by atoms with van der Waals surface area (Å²) in [5, 5.41) is 14.4. The second-order valence-corrected chi connectivity index (χ2v) is 9.97. The molecule has 0 unspecified atom stereocenters. The summed E-state index contributed by atoms with van der Waals surface area (Å²) in [6.07, 6.45) is 3.29. The Balaban J connectivity index is 1.49. The molecule has 38 heavy (non-hydrogen) atoms. The smallest absolute Gasteiger partial charge is 0.230 e. The van der Waals surface area contributed by atoms with Gasteiger partial charge in [-0.1, -0.05) is 0 Å². The minimum absolute atomic E-state index is 0.162. The Kier molecular flexibility index (Phi) is 6.59. The lowest BCUT2D eigenvalue weighted by Gasteiger charge is -2.39. The van der Waals surface area contributed by atoms with Crippen molar-refractivity contribution in [1.29, 1.82) is 0 Å². The van der Waals surface area contributed by atoms with E-state index < -0.39 is 40.0 Å². The molecule has 0 saturated carbocycles. The normalized spacial score (nSPS) is 16.8. The van der Waals surface area contributed by atoms with Crippen molar-refractivity contribution in [2.24, 2.45) is 0 Å². The van der Waals surface area contributed by atoms with Crippen molar-refractivity contribution in [2.45, 2.75) is 38.3 Å². The molecule has 1 amide bonds. The highest BCUT2D eigenvalue weighted by Crippen LogP contribution is 2.39. The van der Waals surface area contributed by atoms with Crippen molar-refractivity contribution in [2.75, 3.05) is 43.9 Å². The average molecular weight is 534 g/mol. The third-order valence-electron chi connectivity index (χ3n) is 7.13. The van der Waals surface area contributed by atoms with Crippen LogP contribution in [0.15, 0.2) is 12.5 Å². The van der Waals surface area contributed by atoms with E-state index >= 15 is 0 Å². The fraction of sp³-hybridized carbons (Fsp3) is 0.440. The Bertz CT molecular complexity index is 1390. The van der Waals surface area contributed by atoms with Crippen LogP contribution in [0.25, 0.3) is 11.3 Å². The first-order valence-electron chi connectivity index (χ1n) is 12.2. The number of anilines is 2. The lowest BCUT2D eigenvalue weighted by molar-refractivity contribution is -0.115. The van der Waals surface area contributed by atoms with Crippen molar-refractivity contribution in [1.82, 2.24) is 24.4 Å². The molecule has 0 aliphatic carbocycles. The number of piperidine rings is 1. The molecule has 0 atom stereocenters. The first-order chi connectivity index (χ1) is 18.0. The molecule has 2 N–H and O–H groups in total. The van der Waals surface area contributed by atoms with E-state index in [1.807, 2.05) is 23.9 Å². The topological polar surface area (TPSA) is 99.4 Å². The Hall–Kier alpha value is -3.58. The molecule has 2 aromatic heterocycles. The first kappa shape index (κ1) is 26.0. The predicted octanol–water partition coefficient (Wildman–Crippen LogP) is 2.75. The van der Waals surface area contributed by atoms with E-state index in [0.29, 0.717) is 43.4 Å². The molecular weight excluding hydrogens is 506 g/mol. The maximum Gasteiger partial charge on any atom is 0.230 e. The summed E-state index contributed by atoms with van der Waals surface area (Å²) in [7, 11) is 3.70. The Morgan fingerprint density at radius 3 is 2.47 bits per heavy atom. The summed E-state index contributed by atoms with van der Waals surface area (Å²) in [6, 6.07) is 0. The number of halogens is 4. The molecule has 13 heteroatoms. The summed E-state index contributed by atoms with van der Waals surface area (Å²) < 4.78 is 59.4. The maximum absolute atomic E-state index is 14.9. The molecule has 1 fully saturated rings. The van der Waals surface area contributed by atoms with Gasteiger partial charge in [-0.15, -0.1) is 0 Å². The van der Waals surface area contributed by atoms with Crippen molar-refractivity contribution < 1.29 is 27.5 Å². The highest BCUT2D eigenvalue weighted by atomic mass is 19.2. The monoisotopic (exact) mass is 533 g/mol. The molecule has 3 aromatic rings. The van der Waals surface area contributed by atoms with E-state index in [1.165, 1.54) is 12.5 Å². The summed E-state index contributed by atoms with van der Waals surface area (Å²) in [5.41, 5.74) is -2.44.